The summed E-state index contributed by atoms with van der Waals surface area (Å²) in [6.07, 6.45) is 3.64. The van der Waals surface area contributed by atoms with Crippen LogP contribution < -0.4 is 5.73 Å². The minimum Gasteiger partial charge on any atom is -0.364 e. The van der Waals surface area contributed by atoms with Gasteiger partial charge >= 0.3 is 0 Å². The minimum absolute atomic E-state index is 0.0678. The molecule has 20 heavy (non-hydrogen) atoms. The van der Waals surface area contributed by atoms with Crippen LogP contribution >= 0.6 is 0 Å². The first-order valence-corrected chi connectivity index (χ1v) is 7.93. The average Bonchev–Trinajstić information content (AvgIpc) is 2.94. The van der Waals surface area contributed by atoms with Crippen LogP contribution in [0.2, 0.25) is 0 Å². The number of carbonyl (C=O) groups is 1. The van der Waals surface area contributed by atoms with Gasteiger partial charge in [0.2, 0.25) is 0 Å². The Labute approximate surface area is 122 Å². The smallest absolute Gasteiger partial charge is 0.251 e. The molecule has 0 aromatic rings. The lowest BCUT2D eigenvalue weighted by molar-refractivity contribution is -0.144. The van der Waals surface area contributed by atoms with Crippen molar-refractivity contribution in [3.63, 3.8) is 0 Å². The summed E-state index contributed by atoms with van der Waals surface area (Å²) in [6, 6.07) is 0.899. The number of rotatable bonds is 4. The molecule has 2 fully saturated rings. The number of hydrogen-bond donors (Lipinski definition) is 1. The van der Waals surface area contributed by atoms with Gasteiger partial charge in [-0.25, -0.2) is 0 Å². The van der Waals surface area contributed by atoms with Crippen LogP contribution in [0.15, 0.2) is 0 Å². The second-order valence-electron chi connectivity index (χ2n) is 6.16. The van der Waals surface area contributed by atoms with Crippen LogP contribution in [0.1, 0.15) is 39.5 Å². The standard InChI is InChI=1S/C15H29N3O2/c1-4-18-8-7-12(9-11(18)2)17(3)15(19)14-6-5-13(10-16)20-14/h11-14H,4-10,16H2,1-3H3/t11?,12?,13-,14+/m1/s1. The fourth-order valence-corrected chi connectivity index (χ4v) is 3.49. The van der Waals surface area contributed by atoms with Crippen LogP contribution in [-0.2, 0) is 9.53 Å². The highest BCUT2D eigenvalue weighted by atomic mass is 16.5. The van der Waals surface area contributed by atoms with Gasteiger partial charge in [0.1, 0.15) is 6.10 Å². The summed E-state index contributed by atoms with van der Waals surface area (Å²) in [5.41, 5.74) is 5.61. The normalized spacial score (nSPS) is 35.2. The Morgan fingerprint density at radius 2 is 2.15 bits per heavy atom. The van der Waals surface area contributed by atoms with Crippen molar-refractivity contribution in [2.24, 2.45) is 5.73 Å². The predicted molar refractivity (Wildman–Crippen MR) is 79.5 cm³/mol. The van der Waals surface area contributed by atoms with E-state index in [4.69, 9.17) is 10.5 Å². The fraction of sp³-hybridized carbons (Fsp3) is 0.933. The van der Waals surface area contributed by atoms with E-state index in [1.807, 2.05) is 11.9 Å². The summed E-state index contributed by atoms with van der Waals surface area (Å²) in [5, 5.41) is 0. The maximum absolute atomic E-state index is 12.5. The van der Waals surface area contributed by atoms with Gasteiger partial charge in [0.05, 0.1) is 6.10 Å². The van der Waals surface area contributed by atoms with E-state index in [1.165, 1.54) is 0 Å². The molecule has 2 aliphatic heterocycles. The summed E-state index contributed by atoms with van der Waals surface area (Å²) in [5.74, 6) is 0.142. The molecule has 0 aromatic heterocycles. The number of hydrogen-bond acceptors (Lipinski definition) is 4. The van der Waals surface area contributed by atoms with Gasteiger partial charge in [0.25, 0.3) is 5.91 Å². The van der Waals surface area contributed by atoms with Crippen molar-refractivity contribution in [3.05, 3.63) is 0 Å². The summed E-state index contributed by atoms with van der Waals surface area (Å²) in [6.45, 7) is 7.14. The average molecular weight is 283 g/mol. The summed E-state index contributed by atoms with van der Waals surface area (Å²) in [4.78, 5) is 16.9. The van der Waals surface area contributed by atoms with Crippen LogP contribution in [0.3, 0.4) is 0 Å². The van der Waals surface area contributed by atoms with Crippen molar-refractivity contribution in [3.8, 4) is 0 Å². The molecule has 116 valence electrons. The molecule has 2 unspecified atom stereocenters. The number of amides is 1. The highest BCUT2D eigenvalue weighted by Crippen LogP contribution is 2.25. The van der Waals surface area contributed by atoms with Gasteiger partial charge in [-0.2, -0.15) is 0 Å². The molecule has 1 amide bonds. The van der Waals surface area contributed by atoms with Gasteiger partial charge in [-0.1, -0.05) is 6.92 Å². The van der Waals surface area contributed by atoms with Gasteiger partial charge < -0.3 is 20.3 Å². The summed E-state index contributed by atoms with van der Waals surface area (Å²) in [7, 11) is 1.93. The molecule has 2 heterocycles. The van der Waals surface area contributed by atoms with E-state index in [9.17, 15) is 4.79 Å². The van der Waals surface area contributed by atoms with E-state index >= 15 is 0 Å². The Kier molecular flexibility index (Phi) is 5.41. The van der Waals surface area contributed by atoms with Crippen molar-refractivity contribution in [2.45, 2.75) is 63.8 Å². The number of likely N-dealkylation sites (tertiary alicyclic amines) is 1. The van der Waals surface area contributed by atoms with E-state index in [1.54, 1.807) is 0 Å². The van der Waals surface area contributed by atoms with Crippen molar-refractivity contribution in [1.29, 1.82) is 0 Å². The third-order valence-electron chi connectivity index (χ3n) is 4.93. The van der Waals surface area contributed by atoms with Crippen molar-refractivity contribution in [2.75, 3.05) is 26.7 Å². The Morgan fingerprint density at radius 1 is 1.40 bits per heavy atom. The lowest BCUT2D eigenvalue weighted by atomic mass is 9.96. The zero-order chi connectivity index (χ0) is 14.7. The lowest BCUT2D eigenvalue weighted by Crippen LogP contribution is -2.51. The highest BCUT2D eigenvalue weighted by Gasteiger charge is 2.35. The van der Waals surface area contributed by atoms with E-state index in [-0.39, 0.29) is 18.1 Å². The summed E-state index contributed by atoms with van der Waals surface area (Å²) < 4.78 is 5.73. The molecule has 5 heteroatoms. The predicted octanol–water partition coefficient (Wildman–Crippen LogP) is 0.824. The maximum Gasteiger partial charge on any atom is 0.251 e. The topological polar surface area (TPSA) is 58.8 Å². The van der Waals surface area contributed by atoms with Crippen LogP contribution in [0, 0.1) is 0 Å². The van der Waals surface area contributed by atoms with Crippen LogP contribution in [0.25, 0.3) is 0 Å². The molecule has 5 nitrogen and oxygen atoms in total. The Hall–Kier alpha value is -0.650. The molecule has 0 radical (unpaired) electrons. The molecule has 2 N–H and O–H groups in total. The van der Waals surface area contributed by atoms with E-state index in [2.05, 4.69) is 18.7 Å². The first-order chi connectivity index (χ1) is 9.56. The van der Waals surface area contributed by atoms with Crippen LogP contribution in [0.4, 0.5) is 0 Å². The Bertz CT molecular complexity index is 337. The molecule has 2 aliphatic rings. The zero-order valence-electron chi connectivity index (χ0n) is 13.0. The SMILES string of the molecule is CCN1CCC(N(C)C(=O)[C@@H]2CC[C@H](CN)O2)CC1C. The Balaban J connectivity index is 1.88. The largest absolute Gasteiger partial charge is 0.364 e. The molecule has 0 bridgehead atoms. The fourth-order valence-electron chi connectivity index (χ4n) is 3.49. The third-order valence-corrected chi connectivity index (χ3v) is 4.93. The van der Waals surface area contributed by atoms with Crippen molar-refractivity contribution >= 4 is 5.91 Å². The highest BCUT2D eigenvalue weighted by molar-refractivity contribution is 5.81. The van der Waals surface area contributed by atoms with E-state index in [0.717, 1.165) is 38.8 Å². The number of likely N-dealkylation sites (N-methyl/N-ethyl adjacent to an activating group) is 1. The molecule has 0 aliphatic carbocycles. The minimum atomic E-state index is -0.270. The number of carbonyl (C=O) groups excluding carboxylic acids is 1. The molecular weight excluding hydrogens is 254 g/mol. The third kappa shape index (κ3) is 3.32. The zero-order valence-corrected chi connectivity index (χ0v) is 13.0. The number of nitrogens with two attached hydrogens (primary N) is 1. The molecule has 4 atom stereocenters. The maximum atomic E-state index is 12.5. The first-order valence-electron chi connectivity index (χ1n) is 7.93. The lowest BCUT2D eigenvalue weighted by Gasteiger charge is -2.41. The van der Waals surface area contributed by atoms with Crippen LogP contribution in [0.5, 0.6) is 0 Å². The van der Waals surface area contributed by atoms with Gasteiger partial charge in [-0.15, -0.1) is 0 Å². The van der Waals surface area contributed by atoms with E-state index < -0.39 is 0 Å². The van der Waals surface area contributed by atoms with Crippen molar-refractivity contribution in [1.82, 2.24) is 9.80 Å². The van der Waals surface area contributed by atoms with Crippen LogP contribution in [-0.4, -0.2) is 66.7 Å². The molecule has 2 rings (SSSR count). The quantitative estimate of drug-likeness (QED) is 0.830. The Morgan fingerprint density at radius 3 is 2.70 bits per heavy atom. The molecule has 0 aromatic carbocycles. The number of ether oxygens (including phenoxy) is 1. The molecule has 0 saturated carbocycles. The molecular formula is C15H29N3O2. The monoisotopic (exact) mass is 283 g/mol. The van der Waals surface area contributed by atoms with Crippen molar-refractivity contribution < 1.29 is 9.53 Å². The number of nitrogens with zero attached hydrogens (tertiary/aromatic N) is 2. The second-order valence-corrected chi connectivity index (χ2v) is 6.16. The molecule has 0 spiro atoms. The van der Waals surface area contributed by atoms with Gasteiger partial charge in [0.15, 0.2) is 0 Å². The second kappa shape index (κ2) is 6.87. The van der Waals surface area contributed by atoms with Gasteiger partial charge in [-0.3, -0.25) is 4.79 Å². The van der Waals surface area contributed by atoms with Gasteiger partial charge in [-0.05, 0) is 39.2 Å². The summed E-state index contributed by atoms with van der Waals surface area (Å²) >= 11 is 0. The van der Waals surface area contributed by atoms with E-state index in [0.29, 0.717) is 18.6 Å². The first kappa shape index (κ1) is 15.7. The number of piperidine rings is 1. The van der Waals surface area contributed by atoms with Gasteiger partial charge in [0, 0.05) is 32.2 Å². The molecule has 2 saturated heterocycles.